The first kappa shape index (κ1) is 20.0. The second-order valence-corrected chi connectivity index (χ2v) is 6.33. The number of likely N-dealkylation sites (tertiary alicyclic amines) is 2. The van der Waals surface area contributed by atoms with Gasteiger partial charge in [0.05, 0.1) is 12.7 Å². The summed E-state index contributed by atoms with van der Waals surface area (Å²) in [5, 5.41) is 3.31. The van der Waals surface area contributed by atoms with Gasteiger partial charge < -0.3 is 15.0 Å². The third-order valence-corrected chi connectivity index (χ3v) is 4.96. The van der Waals surface area contributed by atoms with Gasteiger partial charge in [0.1, 0.15) is 6.04 Å². The summed E-state index contributed by atoms with van der Waals surface area (Å²) in [7, 11) is 0. The highest BCUT2D eigenvalue weighted by molar-refractivity contribution is 5.85. The molecule has 3 saturated heterocycles. The van der Waals surface area contributed by atoms with Gasteiger partial charge in [0.25, 0.3) is 0 Å². The fourth-order valence-corrected chi connectivity index (χ4v) is 3.73. The van der Waals surface area contributed by atoms with Crippen molar-refractivity contribution < 1.29 is 9.53 Å². The average Bonchev–Trinajstić information content (AvgIpc) is 2.98. The maximum Gasteiger partial charge on any atom is 0.242 e. The number of carbonyl (C=O) groups excluding carboxylic acids is 1. The number of rotatable bonds is 2. The lowest BCUT2D eigenvalue weighted by molar-refractivity contribution is -0.138. The van der Waals surface area contributed by atoms with Crippen LogP contribution in [0.15, 0.2) is 0 Å². The molecule has 7 heteroatoms. The maximum absolute atomic E-state index is 12.6. The van der Waals surface area contributed by atoms with E-state index in [1.165, 1.54) is 32.4 Å². The number of nitrogens with zero attached hydrogens (tertiary/aromatic N) is 2. The quantitative estimate of drug-likeness (QED) is 0.812. The molecule has 130 valence electrons. The number of amides is 1. The van der Waals surface area contributed by atoms with Crippen molar-refractivity contribution in [2.75, 3.05) is 39.3 Å². The molecule has 0 aromatic heterocycles. The molecular formula is C15H29Cl2N3O2. The molecule has 0 spiro atoms. The van der Waals surface area contributed by atoms with E-state index in [9.17, 15) is 4.79 Å². The highest BCUT2D eigenvalue weighted by Crippen LogP contribution is 2.21. The Bertz CT molecular complexity index is 354. The van der Waals surface area contributed by atoms with E-state index in [1.807, 2.05) is 11.8 Å². The van der Waals surface area contributed by atoms with Crippen molar-refractivity contribution in [2.24, 2.45) is 0 Å². The first-order valence-corrected chi connectivity index (χ1v) is 8.13. The van der Waals surface area contributed by atoms with Gasteiger partial charge in [-0.3, -0.25) is 9.69 Å². The Morgan fingerprint density at radius 1 is 1.14 bits per heavy atom. The standard InChI is InChI=1S/C15H27N3O2.2ClH/c1-12-14(16-6-10-20-12)15(19)18-9-5-13(11-18)17-7-3-2-4-8-17;;/h12-14,16H,2-11H2,1H3;2*1H/t12-,13?,14+;;/m1../s1. The van der Waals surface area contributed by atoms with Crippen LogP contribution in [0.5, 0.6) is 0 Å². The Balaban J connectivity index is 0.00000121. The predicted molar refractivity (Wildman–Crippen MR) is 92.1 cm³/mol. The van der Waals surface area contributed by atoms with E-state index in [0.29, 0.717) is 12.6 Å². The summed E-state index contributed by atoms with van der Waals surface area (Å²) >= 11 is 0. The molecule has 3 atom stereocenters. The Hall–Kier alpha value is -0.0700. The van der Waals surface area contributed by atoms with E-state index in [2.05, 4.69) is 10.2 Å². The zero-order valence-electron chi connectivity index (χ0n) is 13.3. The summed E-state index contributed by atoms with van der Waals surface area (Å²) in [5.41, 5.74) is 0. The molecule has 0 aromatic rings. The third-order valence-electron chi connectivity index (χ3n) is 4.96. The number of piperidine rings is 1. The number of carbonyl (C=O) groups is 1. The van der Waals surface area contributed by atoms with Gasteiger partial charge in [0, 0.05) is 25.7 Å². The summed E-state index contributed by atoms with van der Waals surface area (Å²) in [6.45, 7) is 7.73. The van der Waals surface area contributed by atoms with Gasteiger partial charge in [-0.25, -0.2) is 0 Å². The van der Waals surface area contributed by atoms with Crippen LogP contribution in [0.2, 0.25) is 0 Å². The molecule has 3 fully saturated rings. The van der Waals surface area contributed by atoms with Gasteiger partial charge in [0.2, 0.25) is 5.91 Å². The number of hydrogen-bond acceptors (Lipinski definition) is 4. The molecule has 0 saturated carbocycles. The number of ether oxygens (including phenoxy) is 1. The molecular weight excluding hydrogens is 325 g/mol. The minimum absolute atomic E-state index is 0. The molecule has 1 unspecified atom stereocenters. The maximum atomic E-state index is 12.6. The SMILES string of the molecule is C[C@H]1OCCN[C@@H]1C(=O)N1CCC(N2CCCCC2)C1.Cl.Cl. The van der Waals surface area contributed by atoms with Gasteiger partial charge in [-0.2, -0.15) is 0 Å². The number of hydrogen-bond donors (Lipinski definition) is 1. The molecule has 0 aliphatic carbocycles. The minimum atomic E-state index is -0.149. The summed E-state index contributed by atoms with van der Waals surface area (Å²) in [6, 6.07) is 0.433. The van der Waals surface area contributed by atoms with Gasteiger partial charge in [-0.15, -0.1) is 24.8 Å². The molecule has 5 nitrogen and oxygen atoms in total. The molecule has 3 aliphatic heterocycles. The lowest BCUT2D eigenvalue weighted by Crippen LogP contribution is -2.56. The van der Waals surface area contributed by atoms with Crippen LogP contribution in [0.1, 0.15) is 32.6 Å². The van der Waals surface area contributed by atoms with Gasteiger partial charge in [0.15, 0.2) is 0 Å². The van der Waals surface area contributed by atoms with E-state index in [-0.39, 0.29) is 42.9 Å². The molecule has 1 N–H and O–H groups in total. The van der Waals surface area contributed by atoms with Crippen molar-refractivity contribution in [2.45, 2.75) is 50.8 Å². The molecule has 22 heavy (non-hydrogen) atoms. The molecule has 1 amide bonds. The Morgan fingerprint density at radius 3 is 2.55 bits per heavy atom. The first-order valence-electron chi connectivity index (χ1n) is 8.13. The molecule has 0 bridgehead atoms. The topological polar surface area (TPSA) is 44.8 Å². The van der Waals surface area contributed by atoms with Crippen molar-refractivity contribution >= 4 is 30.7 Å². The van der Waals surface area contributed by atoms with Crippen molar-refractivity contribution in [3.05, 3.63) is 0 Å². The summed E-state index contributed by atoms with van der Waals surface area (Å²) in [6.07, 6.45) is 5.13. The monoisotopic (exact) mass is 353 g/mol. The fourth-order valence-electron chi connectivity index (χ4n) is 3.73. The highest BCUT2D eigenvalue weighted by Gasteiger charge is 2.36. The predicted octanol–water partition coefficient (Wildman–Crippen LogP) is 1.29. The van der Waals surface area contributed by atoms with E-state index >= 15 is 0 Å². The summed E-state index contributed by atoms with van der Waals surface area (Å²) in [5.74, 6) is 0.233. The van der Waals surface area contributed by atoms with E-state index in [0.717, 1.165) is 26.1 Å². The molecule has 3 rings (SSSR count). The summed E-state index contributed by atoms with van der Waals surface area (Å²) < 4.78 is 5.59. The van der Waals surface area contributed by atoms with Crippen LogP contribution in [0.4, 0.5) is 0 Å². The van der Waals surface area contributed by atoms with Gasteiger partial charge in [-0.05, 0) is 39.3 Å². The second-order valence-electron chi connectivity index (χ2n) is 6.33. The average molecular weight is 354 g/mol. The van der Waals surface area contributed by atoms with Crippen LogP contribution in [0.25, 0.3) is 0 Å². The van der Waals surface area contributed by atoms with Gasteiger partial charge in [-0.1, -0.05) is 6.42 Å². The number of halogens is 2. The fraction of sp³-hybridized carbons (Fsp3) is 0.933. The lowest BCUT2D eigenvalue weighted by Gasteiger charge is -2.34. The smallest absolute Gasteiger partial charge is 0.242 e. The van der Waals surface area contributed by atoms with Crippen molar-refractivity contribution in [3.8, 4) is 0 Å². The van der Waals surface area contributed by atoms with E-state index in [4.69, 9.17) is 4.74 Å². The van der Waals surface area contributed by atoms with Crippen LogP contribution in [0.3, 0.4) is 0 Å². The largest absolute Gasteiger partial charge is 0.375 e. The Morgan fingerprint density at radius 2 is 1.86 bits per heavy atom. The van der Waals surface area contributed by atoms with Crippen LogP contribution in [-0.4, -0.2) is 73.2 Å². The lowest BCUT2D eigenvalue weighted by atomic mass is 10.1. The third kappa shape index (κ3) is 4.48. The molecule has 0 aromatic carbocycles. The van der Waals surface area contributed by atoms with Crippen LogP contribution < -0.4 is 5.32 Å². The van der Waals surface area contributed by atoms with Crippen molar-refractivity contribution in [1.29, 1.82) is 0 Å². The van der Waals surface area contributed by atoms with Crippen molar-refractivity contribution in [1.82, 2.24) is 15.1 Å². The van der Waals surface area contributed by atoms with Crippen LogP contribution in [0, 0.1) is 0 Å². The Labute approximate surface area is 145 Å². The first-order chi connectivity index (χ1) is 9.75. The normalized spacial score (nSPS) is 33.0. The zero-order valence-corrected chi connectivity index (χ0v) is 15.0. The van der Waals surface area contributed by atoms with Gasteiger partial charge >= 0.3 is 0 Å². The van der Waals surface area contributed by atoms with E-state index in [1.54, 1.807) is 0 Å². The Kier molecular flexibility index (Phi) is 8.43. The molecule has 0 radical (unpaired) electrons. The van der Waals surface area contributed by atoms with Crippen LogP contribution >= 0.6 is 24.8 Å². The highest BCUT2D eigenvalue weighted by atomic mass is 35.5. The molecule has 3 aliphatic rings. The van der Waals surface area contributed by atoms with E-state index < -0.39 is 0 Å². The summed E-state index contributed by atoms with van der Waals surface area (Å²) in [4.78, 5) is 17.2. The van der Waals surface area contributed by atoms with Crippen molar-refractivity contribution in [3.63, 3.8) is 0 Å². The number of morpholine rings is 1. The minimum Gasteiger partial charge on any atom is -0.375 e. The zero-order chi connectivity index (χ0) is 13.9. The molecule has 3 heterocycles. The van der Waals surface area contributed by atoms with Crippen LogP contribution in [-0.2, 0) is 9.53 Å². The second kappa shape index (κ2) is 9.28. The number of nitrogens with one attached hydrogen (secondary N) is 1.